The highest BCUT2D eigenvalue weighted by Crippen LogP contribution is 2.31. The van der Waals surface area contributed by atoms with Crippen molar-refractivity contribution in [3.63, 3.8) is 0 Å². The summed E-state index contributed by atoms with van der Waals surface area (Å²) in [5, 5.41) is 2.65. The Kier molecular flexibility index (Phi) is 7.23. The van der Waals surface area contributed by atoms with Gasteiger partial charge in [-0.05, 0) is 24.1 Å². The Morgan fingerprint density at radius 3 is 2.18 bits per heavy atom. The van der Waals surface area contributed by atoms with Crippen LogP contribution in [0.25, 0.3) is 5.57 Å². The van der Waals surface area contributed by atoms with E-state index in [1.54, 1.807) is 0 Å². The molecule has 22 heavy (non-hydrogen) atoms. The van der Waals surface area contributed by atoms with E-state index < -0.39 is 17.6 Å². The Bertz CT molecular complexity index is 535. The third kappa shape index (κ3) is 5.54. The molecule has 0 saturated carbocycles. The van der Waals surface area contributed by atoms with E-state index in [2.05, 4.69) is 5.32 Å². The molecule has 0 unspecified atom stereocenters. The van der Waals surface area contributed by atoms with Crippen molar-refractivity contribution in [2.24, 2.45) is 0 Å². The summed E-state index contributed by atoms with van der Waals surface area (Å²) in [6.07, 6.45) is -1.65. The van der Waals surface area contributed by atoms with E-state index in [9.17, 15) is 18.0 Å². The van der Waals surface area contributed by atoms with Crippen molar-refractivity contribution >= 4 is 34.7 Å². The largest absolute Gasteiger partial charge is 0.416 e. The van der Waals surface area contributed by atoms with Crippen molar-refractivity contribution in [1.29, 1.82) is 0 Å². The van der Waals surface area contributed by atoms with E-state index in [1.807, 2.05) is 6.92 Å². The van der Waals surface area contributed by atoms with Gasteiger partial charge in [-0.2, -0.15) is 13.2 Å². The Hall–Kier alpha value is -1.20. The first kappa shape index (κ1) is 18.8. The third-order valence-electron chi connectivity index (χ3n) is 2.98. The molecule has 1 amide bonds. The molecule has 2 nitrogen and oxygen atoms in total. The predicted molar refractivity (Wildman–Crippen MR) is 82.6 cm³/mol. The second-order valence-electron chi connectivity index (χ2n) is 4.67. The summed E-state index contributed by atoms with van der Waals surface area (Å²) in [4.78, 5) is 12.1. The average Bonchev–Trinajstić information content (AvgIpc) is 2.43. The normalized spacial score (nSPS) is 11.2. The molecule has 1 rings (SSSR count). The van der Waals surface area contributed by atoms with Gasteiger partial charge in [0.2, 0.25) is 0 Å². The molecular formula is C15H16Cl2F3NO. The van der Waals surface area contributed by atoms with E-state index in [0.29, 0.717) is 6.54 Å². The van der Waals surface area contributed by atoms with Gasteiger partial charge < -0.3 is 5.32 Å². The topological polar surface area (TPSA) is 29.1 Å². The van der Waals surface area contributed by atoms with Crippen LogP contribution in [0.15, 0.2) is 28.8 Å². The number of rotatable bonds is 6. The molecule has 0 atom stereocenters. The maximum atomic E-state index is 12.5. The minimum atomic E-state index is -4.43. The van der Waals surface area contributed by atoms with Gasteiger partial charge in [-0.1, -0.05) is 55.1 Å². The van der Waals surface area contributed by atoms with Crippen LogP contribution in [-0.2, 0) is 11.0 Å². The number of unbranched alkanes of at least 4 members (excludes halogenated alkanes) is 2. The molecule has 0 aliphatic carbocycles. The second kappa shape index (κ2) is 8.44. The van der Waals surface area contributed by atoms with Gasteiger partial charge in [0.15, 0.2) is 0 Å². The third-order valence-corrected chi connectivity index (χ3v) is 3.36. The van der Waals surface area contributed by atoms with E-state index in [-0.39, 0.29) is 15.6 Å². The number of nitrogens with one attached hydrogen (secondary N) is 1. The van der Waals surface area contributed by atoms with Gasteiger partial charge in [-0.25, -0.2) is 0 Å². The predicted octanol–water partition coefficient (Wildman–Crippen LogP) is 5.16. The van der Waals surface area contributed by atoms with Crippen molar-refractivity contribution in [1.82, 2.24) is 5.32 Å². The van der Waals surface area contributed by atoms with Crippen LogP contribution in [0.3, 0.4) is 0 Å². The Balaban J connectivity index is 2.89. The van der Waals surface area contributed by atoms with Gasteiger partial charge in [0.25, 0.3) is 5.91 Å². The number of alkyl halides is 3. The van der Waals surface area contributed by atoms with Gasteiger partial charge in [-0.3, -0.25) is 4.79 Å². The summed E-state index contributed by atoms with van der Waals surface area (Å²) in [6.45, 7) is 2.49. The Morgan fingerprint density at radius 1 is 1.14 bits per heavy atom. The number of carbonyl (C=O) groups is 1. The monoisotopic (exact) mass is 353 g/mol. The van der Waals surface area contributed by atoms with Crippen LogP contribution < -0.4 is 5.32 Å². The summed E-state index contributed by atoms with van der Waals surface area (Å²) in [5.74, 6) is -0.504. The number of carbonyl (C=O) groups excluding carboxylic acids is 1. The molecule has 0 aliphatic heterocycles. The summed E-state index contributed by atoms with van der Waals surface area (Å²) in [5.41, 5.74) is -0.598. The lowest BCUT2D eigenvalue weighted by molar-refractivity contribution is -0.137. The Morgan fingerprint density at radius 2 is 1.73 bits per heavy atom. The minimum Gasteiger partial charge on any atom is -0.352 e. The molecule has 0 spiro atoms. The highest BCUT2D eigenvalue weighted by Gasteiger charge is 2.30. The van der Waals surface area contributed by atoms with Crippen LogP contribution >= 0.6 is 23.2 Å². The maximum absolute atomic E-state index is 12.5. The van der Waals surface area contributed by atoms with Gasteiger partial charge in [0, 0.05) is 6.54 Å². The summed E-state index contributed by atoms with van der Waals surface area (Å²) < 4.78 is 37.3. The van der Waals surface area contributed by atoms with E-state index >= 15 is 0 Å². The summed E-state index contributed by atoms with van der Waals surface area (Å²) in [7, 11) is 0. The zero-order valence-corrected chi connectivity index (χ0v) is 13.4. The van der Waals surface area contributed by atoms with Crippen LogP contribution in [0.2, 0.25) is 0 Å². The summed E-state index contributed by atoms with van der Waals surface area (Å²) in [6, 6.07) is 4.12. The van der Waals surface area contributed by atoms with Gasteiger partial charge in [-0.15, -0.1) is 0 Å². The Labute approximate surface area is 137 Å². The molecule has 0 aliphatic rings. The first-order valence-corrected chi connectivity index (χ1v) is 7.54. The smallest absolute Gasteiger partial charge is 0.352 e. The fourth-order valence-electron chi connectivity index (χ4n) is 1.82. The number of amides is 1. The van der Waals surface area contributed by atoms with E-state index in [0.717, 1.165) is 31.4 Å². The second-order valence-corrected chi connectivity index (χ2v) is 5.62. The van der Waals surface area contributed by atoms with Gasteiger partial charge in [0.05, 0.1) is 11.1 Å². The molecular weight excluding hydrogens is 338 g/mol. The van der Waals surface area contributed by atoms with Gasteiger partial charge >= 0.3 is 6.18 Å². The molecule has 0 heterocycles. The zero-order chi connectivity index (χ0) is 16.8. The number of hydrogen-bond acceptors (Lipinski definition) is 1. The lowest BCUT2D eigenvalue weighted by Gasteiger charge is -2.11. The van der Waals surface area contributed by atoms with Crippen molar-refractivity contribution in [3.8, 4) is 0 Å². The number of benzene rings is 1. The highest BCUT2D eigenvalue weighted by molar-refractivity contribution is 6.61. The molecule has 0 fully saturated rings. The SMILES string of the molecule is CCCCCNC(=O)C(=C(Cl)Cl)c1ccc(C(F)(F)F)cc1. The average molecular weight is 354 g/mol. The van der Waals surface area contributed by atoms with Crippen LogP contribution in [0.4, 0.5) is 13.2 Å². The van der Waals surface area contributed by atoms with Crippen molar-refractivity contribution in [3.05, 3.63) is 39.9 Å². The zero-order valence-electron chi connectivity index (χ0n) is 11.9. The molecule has 0 saturated heterocycles. The molecule has 1 N–H and O–H groups in total. The van der Waals surface area contributed by atoms with E-state index in [4.69, 9.17) is 23.2 Å². The molecule has 122 valence electrons. The molecule has 0 aromatic heterocycles. The summed E-state index contributed by atoms with van der Waals surface area (Å²) >= 11 is 11.4. The minimum absolute atomic E-state index is 0.0337. The van der Waals surface area contributed by atoms with Crippen molar-refractivity contribution in [2.45, 2.75) is 32.4 Å². The lowest BCUT2D eigenvalue weighted by atomic mass is 10.0. The van der Waals surface area contributed by atoms with Crippen LogP contribution in [0.5, 0.6) is 0 Å². The van der Waals surface area contributed by atoms with Crippen molar-refractivity contribution < 1.29 is 18.0 Å². The van der Waals surface area contributed by atoms with Crippen molar-refractivity contribution in [2.75, 3.05) is 6.54 Å². The maximum Gasteiger partial charge on any atom is 0.416 e. The van der Waals surface area contributed by atoms with Gasteiger partial charge in [0.1, 0.15) is 4.49 Å². The van der Waals surface area contributed by atoms with Crippen LogP contribution in [0, 0.1) is 0 Å². The first-order chi connectivity index (χ1) is 10.3. The molecule has 0 bridgehead atoms. The van der Waals surface area contributed by atoms with Crippen LogP contribution in [0.1, 0.15) is 37.3 Å². The molecule has 7 heteroatoms. The first-order valence-electron chi connectivity index (χ1n) is 6.78. The molecule has 1 aromatic carbocycles. The van der Waals surface area contributed by atoms with Crippen LogP contribution in [-0.4, -0.2) is 12.5 Å². The standard InChI is InChI=1S/C15H16Cl2F3NO/c1-2-3-4-9-21-14(22)12(13(16)17)10-5-7-11(8-6-10)15(18,19)20/h5-8H,2-4,9H2,1H3,(H,21,22). The highest BCUT2D eigenvalue weighted by atomic mass is 35.5. The quantitative estimate of drug-likeness (QED) is 0.555. The number of halogens is 5. The fraction of sp³-hybridized carbons (Fsp3) is 0.400. The number of hydrogen-bond donors (Lipinski definition) is 1. The van der Waals surface area contributed by atoms with E-state index in [1.165, 1.54) is 12.1 Å². The fourth-order valence-corrected chi connectivity index (χ4v) is 2.21. The molecule has 1 aromatic rings. The lowest BCUT2D eigenvalue weighted by Crippen LogP contribution is -2.25. The molecule has 0 radical (unpaired) electrons.